The highest BCUT2D eigenvalue weighted by molar-refractivity contribution is 5.93. The van der Waals surface area contributed by atoms with Gasteiger partial charge in [0.25, 0.3) is 0 Å². The van der Waals surface area contributed by atoms with Crippen LogP contribution in [0.15, 0.2) is 36.9 Å². The molecule has 0 atom stereocenters. The van der Waals surface area contributed by atoms with E-state index in [-0.39, 0.29) is 11.9 Å². The zero-order valence-corrected chi connectivity index (χ0v) is 14.3. The predicted octanol–water partition coefficient (Wildman–Crippen LogP) is 1.70. The highest BCUT2D eigenvalue weighted by atomic mass is 16.2. The fraction of sp³-hybridized carbons (Fsp3) is 0.444. The zero-order chi connectivity index (χ0) is 17.4. The summed E-state index contributed by atoms with van der Waals surface area (Å²) in [5.41, 5.74) is 2.02. The number of nitrogens with one attached hydrogen (secondary N) is 2. The molecule has 0 saturated carbocycles. The number of nitrogens with zero attached hydrogens (tertiary/aromatic N) is 2. The summed E-state index contributed by atoms with van der Waals surface area (Å²) in [4.78, 5) is 28.0. The molecule has 1 saturated heterocycles. The summed E-state index contributed by atoms with van der Waals surface area (Å²) in [6, 6.07) is 7.78. The van der Waals surface area contributed by atoms with Crippen molar-refractivity contribution in [1.82, 2.24) is 15.1 Å². The lowest BCUT2D eigenvalue weighted by molar-refractivity contribution is -0.117. The van der Waals surface area contributed by atoms with Crippen LogP contribution in [0.25, 0.3) is 0 Å². The standard InChI is InChI=1S/C18H26N4O2/c1-3-9-19-18(24)22-12-10-21(11-13-22)14-17(23)20-16-8-6-5-7-15(16)4-2/h3,5-8H,1,4,9-14H2,2H3,(H,19,24)(H,20,23). The Balaban J connectivity index is 1.78. The Kier molecular flexibility index (Phi) is 6.81. The van der Waals surface area contributed by atoms with Gasteiger partial charge in [-0.3, -0.25) is 9.69 Å². The summed E-state index contributed by atoms with van der Waals surface area (Å²) in [5.74, 6) is -0.0135. The SMILES string of the molecule is C=CCNC(=O)N1CCN(CC(=O)Nc2ccccc2CC)CC1. The molecule has 24 heavy (non-hydrogen) atoms. The summed E-state index contributed by atoms with van der Waals surface area (Å²) in [6.45, 7) is 9.12. The van der Waals surface area contributed by atoms with Gasteiger partial charge in [-0.05, 0) is 18.1 Å². The number of hydrogen-bond donors (Lipinski definition) is 2. The Labute approximate surface area is 143 Å². The molecule has 130 valence electrons. The van der Waals surface area contributed by atoms with E-state index in [1.54, 1.807) is 11.0 Å². The first-order chi connectivity index (χ1) is 11.6. The van der Waals surface area contributed by atoms with Crippen molar-refractivity contribution in [3.8, 4) is 0 Å². The van der Waals surface area contributed by atoms with Crippen LogP contribution in [0.1, 0.15) is 12.5 Å². The van der Waals surface area contributed by atoms with Crippen molar-refractivity contribution in [2.75, 3.05) is 44.6 Å². The van der Waals surface area contributed by atoms with E-state index < -0.39 is 0 Å². The van der Waals surface area contributed by atoms with E-state index in [4.69, 9.17) is 0 Å². The van der Waals surface area contributed by atoms with Gasteiger partial charge in [-0.2, -0.15) is 0 Å². The molecule has 0 aromatic heterocycles. The second kappa shape index (κ2) is 9.08. The van der Waals surface area contributed by atoms with Gasteiger partial charge in [0.2, 0.25) is 5.91 Å². The molecule has 6 heteroatoms. The Bertz CT molecular complexity index is 580. The summed E-state index contributed by atoms with van der Waals surface area (Å²) in [6.07, 6.45) is 2.54. The Hall–Kier alpha value is -2.34. The Morgan fingerprint density at radius 3 is 2.58 bits per heavy atom. The maximum atomic E-state index is 12.2. The number of anilines is 1. The number of piperazine rings is 1. The molecule has 1 heterocycles. The fourth-order valence-corrected chi connectivity index (χ4v) is 2.72. The first-order valence-corrected chi connectivity index (χ1v) is 8.37. The lowest BCUT2D eigenvalue weighted by Gasteiger charge is -2.34. The first-order valence-electron chi connectivity index (χ1n) is 8.37. The average molecular weight is 330 g/mol. The van der Waals surface area contributed by atoms with Crippen LogP contribution in [0, 0.1) is 0 Å². The van der Waals surface area contributed by atoms with E-state index in [1.807, 2.05) is 24.3 Å². The molecule has 1 aliphatic rings. The number of urea groups is 1. The molecule has 2 rings (SSSR count). The largest absolute Gasteiger partial charge is 0.335 e. The normalized spacial score (nSPS) is 15.0. The van der Waals surface area contributed by atoms with Crippen molar-refractivity contribution in [1.29, 1.82) is 0 Å². The van der Waals surface area contributed by atoms with Gasteiger partial charge in [-0.25, -0.2) is 4.79 Å². The van der Waals surface area contributed by atoms with E-state index in [0.29, 0.717) is 39.3 Å². The summed E-state index contributed by atoms with van der Waals surface area (Å²) < 4.78 is 0. The van der Waals surface area contributed by atoms with Crippen LogP contribution in [0.2, 0.25) is 0 Å². The summed E-state index contributed by atoms with van der Waals surface area (Å²) in [5, 5.41) is 5.76. The minimum atomic E-state index is -0.0733. The van der Waals surface area contributed by atoms with Crippen LogP contribution in [0.4, 0.5) is 10.5 Å². The van der Waals surface area contributed by atoms with Crippen molar-refractivity contribution in [2.45, 2.75) is 13.3 Å². The molecule has 0 bridgehead atoms. The lowest BCUT2D eigenvalue weighted by atomic mass is 10.1. The molecule has 2 N–H and O–H groups in total. The van der Waals surface area contributed by atoms with E-state index in [1.165, 1.54) is 0 Å². The van der Waals surface area contributed by atoms with Gasteiger partial charge in [-0.1, -0.05) is 31.2 Å². The highest BCUT2D eigenvalue weighted by Gasteiger charge is 2.22. The maximum absolute atomic E-state index is 12.2. The molecule has 3 amide bonds. The third-order valence-corrected chi connectivity index (χ3v) is 4.10. The molecule has 1 fully saturated rings. The van der Waals surface area contributed by atoms with Crippen LogP contribution in [-0.4, -0.2) is 61.0 Å². The molecule has 1 aliphatic heterocycles. The Morgan fingerprint density at radius 2 is 1.92 bits per heavy atom. The Morgan fingerprint density at radius 1 is 1.21 bits per heavy atom. The van der Waals surface area contributed by atoms with E-state index in [0.717, 1.165) is 17.7 Å². The zero-order valence-electron chi connectivity index (χ0n) is 14.3. The molecular weight excluding hydrogens is 304 g/mol. The van der Waals surface area contributed by atoms with Gasteiger partial charge >= 0.3 is 6.03 Å². The molecule has 0 radical (unpaired) electrons. The van der Waals surface area contributed by atoms with Crippen molar-refractivity contribution < 1.29 is 9.59 Å². The third kappa shape index (κ3) is 5.09. The number of amides is 3. The number of carbonyl (C=O) groups excluding carboxylic acids is 2. The highest BCUT2D eigenvalue weighted by Crippen LogP contribution is 2.15. The summed E-state index contributed by atoms with van der Waals surface area (Å²) >= 11 is 0. The second-order valence-electron chi connectivity index (χ2n) is 5.80. The number of benzene rings is 1. The minimum absolute atomic E-state index is 0.0135. The van der Waals surface area contributed by atoms with E-state index >= 15 is 0 Å². The first kappa shape index (κ1) is 18.0. The van der Waals surface area contributed by atoms with Crippen molar-refractivity contribution in [3.63, 3.8) is 0 Å². The van der Waals surface area contributed by atoms with Crippen molar-refractivity contribution >= 4 is 17.6 Å². The van der Waals surface area contributed by atoms with Gasteiger partial charge < -0.3 is 15.5 Å². The fourth-order valence-electron chi connectivity index (χ4n) is 2.72. The molecule has 0 aliphatic carbocycles. The van der Waals surface area contributed by atoms with Crippen LogP contribution >= 0.6 is 0 Å². The quantitative estimate of drug-likeness (QED) is 0.780. The lowest BCUT2D eigenvalue weighted by Crippen LogP contribution is -2.53. The molecule has 1 aromatic carbocycles. The third-order valence-electron chi connectivity index (χ3n) is 4.10. The minimum Gasteiger partial charge on any atom is -0.335 e. The van der Waals surface area contributed by atoms with E-state index in [2.05, 4.69) is 29.0 Å². The number of hydrogen-bond acceptors (Lipinski definition) is 3. The monoisotopic (exact) mass is 330 g/mol. The average Bonchev–Trinajstić information content (AvgIpc) is 2.60. The smallest absolute Gasteiger partial charge is 0.317 e. The number of aryl methyl sites for hydroxylation is 1. The van der Waals surface area contributed by atoms with Crippen LogP contribution in [0.5, 0.6) is 0 Å². The molecule has 0 unspecified atom stereocenters. The second-order valence-corrected chi connectivity index (χ2v) is 5.80. The molecule has 0 spiro atoms. The topological polar surface area (TPSA) is 64.7 Å². The van der Waals surface area contributed by atoms with Crippen LogP contribution in [0.3, 0.4) is 0 Å². The number of rotatable bonds is 6. The van der Waals surface area contributed by atoms with Gasteiger partial charge in [0, 0.05) is 38.4 Å². The van der Waals surface area contributed by atoms with Gasteiger partial charge in [0.05, 0.1) is 6.54 Å². The van der Waals surface area contributed by atoms with Crippen LogP contribution in [-0.2, 0) is 11.2 Å². The molecule has 6 nitrogen and oxygen atoms in total. The molecular formula is C18H26N4O2. The summed E-state index contributed by atoms with van der Waals surface area (Å²) in [7, 11) is 0. The molecule has 1 aromatic rings. The van der Waals surface area contributed by atoms with Crippen LogP contribution < -0.4 is 10.6 Å². The van der Waals surface area contributed by atoms with Crippen molar-refractivity contribution in [2.24, 2.45) is 0 Å². The van der Waals surface area contributed by atoms with Gasteiger partial charge in [0.1, 0.15) is 0 Å². The van der Waals surface area contributed by atoms with Gasteiger partial charge in [-0.15, -0.1) is 6.58 Å². The van der Waals surface area contributed by atoms with E-state index in [9.17, 15) is 9.59 Å². The number of para-hydroxylation sites is 1. The maximum Gasteiger partial charge on any atom is 0.317 e. The number of carbonyl (C=O) groups is 2. The van der Waals surface area contributed by atoms with Gasteiger partial charge in [0.15, 0.2) is 0 Å². The predicted molar refractivity (Wildman–Crippen MR) is 96.1 cm³/mol. The van der Waals surface area contributed by atoms with Crippen molar-refractivity contribution in [3.05, 3.63) is 42.5 Å².